The summed E-state index contributed by atoms with van der Waals surface area (Å²) in [5.74, 6) is 0.0690. The zero-order valence-electron chi connectivity index (χ0n) is 15.2. The molecule has 5 nitrogen and oxygen atoms in total. The Labute approximate surface area is 154 Å². The number of likely N-dealkylation sites (tertiary alicyclic amines) is 1. The lowest BCUT2D eigenvalue weighted by atomic mass is 10.1. The number of amides is 2. The first kappa shape index (κ1) is 18.1. The van der Waals surface area contributed by atoms with Crippen LogP contribution in [0.5, 0.6) is 0 Å². The largest absolute Gasteiger partial charge is 0.340 e. The van der Waals surface area contributed by atoms with Crippen LogP contribution in [0.25, 0.3) is 0 Å². The second-order valence-corrected chi connectivity index (χ2v) is 6.82. The second-order valence-electron chi connectivity index (χ2n) is 6.82. The van der Waals surface area contributed by atoms with Gasteiger partial charge in [-0.05, 0) is 30.0 Å². The van der Waals surface area contributed by atoms with Crippen molar-refractivity contribution in [2.75, 3.05) is 7.05 Å². The molecule has 1 aromatic heterocycles. The van der Waals surface area contributed by atoms with Crippen LogP contribution in [0.2, 0.25) is 0 Å². The van der Waals surface area contributed by atoms with Gasteiger partial charge in [0.05, 0.1) is 0 Å². The molecule has 0 saturated carbocycles. The summed E-state index contributed by atoms with van der Waals surface area (Å²) >= 11 is 0. The molecule has 1 aliphatic rings. The molecule has 2 heterocycles. The minimum absolute atomic E-state index is 0.0000317. The van der Waals surface area contributed by atoms with Crippen molar-refractivity contribution in [2.24, 2.45) is 0 Å². The molecule has 0 spiro atoms. The van der Waals surface area contributed by atoms with Crippen molar-refractivity contribution in [3.8, 4) is 0 Å². The van der Waals surface area contributed by atoms with E-state index in [1.165, 1.54) is 0 Å². The van der Waals surface area contributed by atoms with Crippen molar-refractivity contribution >= 4 is 11.8 Å². The number of aromatic nitrogens is 1. The van der Waals surface area contributed by atoms with Gasteiger partial charge in [-0.1, -0.05) is 42.8 Å². The molecule has 1 aliphatic heterocycles. The molecule has 2 aromatic rings. The van der Waals surface area contributed by atoms with E-state index in [4.69, 9.17) is 0 Å². The van der Waals surface area contributed by atoms with Crippen molar-refractivity contribution in [1.29, 1.82) is 0 Å². The van der Waals surface area contributed by atoms with Crippen molar-refractivity contribution in [1.82, 2.24) is 14.8 Å². The topological polar surface area (TPSA) is 53.5 Å². The number of benzene rings is 1. The Bertz CT molecular complexity index is 733. The molecule has 1 fully saturated rings. The van der Waals surface area contributed by atoms with Gasteiger partial charge >= 0.3 is 0 Å². The zero-order valence-corrected chi connectivity index (χ0v) is 15.2. The van der Waals surface area contributed by atoms with Crippen molar-refractivity contribution < 1.29 is 9.59 Å². The van der Waals surface area contributed by atoms with E-state index >= 15 is 0 Å². The molecule has 1 aromatic carbocycles. The van der Waals surface area contributed by atoms with Crippen LogP contribution < -0.4 is 0 Å². The summed E-state index contributed by atoms with van der Waals surface area (Å²) in [6.07, 6.45) is 6.47. The predicted molar refractivity (Wildman–Crippen MR) is 100.0 cm³/mol. The molecule has 1 unspecified atom stereocenters. The lowest BCUT2D eigenvalue weighted by molar-refractivity contribution is -0.145. The minimum atomic E-state index is -0.396. The molecular formula is C21H25N3O2. The van der Waals surface area contributed by atoms with E-state index in [-0.39, 0.29) is 11.8 Å². The fourth-order valence-corrected chi connectivity index (χ4v) is 3.42. The lowest BCUT2D eigenvalue weighted by Crippen LogP contribution is -2.48. The third-order valence-corrected chi connectivity index (χ3v) is 4.81. The fourth-order valence-electron chi connectivity index (χ4n) is 3.42. The van der Waals surface area contributed by atoms with Crippen LogP contribution in [0.1, 0.15) is 36.8 Å². The number of likely N-dealkylation sites (N-methyl/N-ethyl adjacent to an activating group) is 1. The summed E-state index contributed by atoms with van der Waals surface area (Å²) in [5, 5.41) is 0. The van der Waals surface area contributed by atoms with Gasteiger partial charge < -0.3 is 9.80 Å². The highest BCUT2D eigenvalue weighted by Crippen LogP contribution is 2.22. The molecule has 0 N–H and O–H groups in total. The van der Waals surface area contributed by atoms with E-state index in [1.807, 2.05) is 42.5 Å². The Balaban J connectivity index is 1.76. The Hall–Kier alpha value is -2.69. The van der Waals surface area contributed by atoms with Gasteiger partial charge in [0.25, 0.3) is 0 Å². The maximum Gasteiger partial charge on any atom is 0.245 e. The second kappa shape index (κ2) is 8.61. The average Bonchev–Trinajstić information content (AvgIpc) is 2.85. The van der Waals surface area contributed by atoms with E-state index in [2.05, 4.69) is 4.98 Å². The highest BCUT2D eigenvalue weighted by Gasteiger charge is 2.33. The smallest absolute Gasteiger partial charge is 0.245 e. The van der Waals surface area contributed by atoms with Crippen LogP contribution in [0.15, 0.2) is 54.9 Å². The molecule has 136 valence electrons. The van der Waals surface area contributed by atoms with E-state index in [0.717, 1.165) is 30.4 Å². The molecule has 0 radical (unpaired) electrons. The van der Waals surface area contributed by atoms with Crippen LogP contribution >= 0.6 is 0 Å². The molecule has 1 atom stereocenters. The number of hydrogen-bond donors (Lipinski definition) is 0. The van der Waals surface area contributed by atoms with Crippen LogP contribution in [0, 0.1) is 0 Å². The number of nitrogens with zero attached hydrogens (tertiary/aromatic N) is 3. The van der Waals surface area contributed by atoms with Crippen LogP contribution in [-0.4, -0.2) is 39.7 Å². The molecule has 3 rings (SSSR count). The van der Waals surface area contributed by atoms with Gasteiger partial charge in [0.2, 0.25) is 11.8 Å². The summed E-state index contributed by atoms with van der Waals surface area (Å²) < 4.78 is 0. The number of hydrogen-bond acceptors (Lipinski definition) is 3. The van der Waals surface area contributed by atoms with Gasteiger partial charge in [0, 0.05) is 39.0 Å². The Morgan fingerprint density at radius 3 is 2.65 bits per heavy atom. The summed E-state index contributed by atoms with van der Waals surface area (Å²) in [6, 6.07) is 13.3. The van der Waals surface area contributed by atoms with Crippen molar-refractivity contribution in [3.05, 3.63) is 66.0 Å². The van der Waals surface area contributed by atoms with Gasteiger partial charge in [-0.25, -0.2) is 0 Å². The predicted octanol–water partition coefficient (Wildman–Crippen LogP) is 3.01. The molecule has 2 amide bonds. The summed E-state index contributed by atoms with van der Waals surface area (Å²) in [5.41, 5.74) is 2.04. The van der Waals surface area contributed by atoms with Crippen LogP contribution in [-0.2, 0) is 22.7 Å². The molecule has 26 heavy (non-hydrogen) atoms. The van der Waals surface area contributed by atoms with Gasteiger partial charge in [0.15, 0.2) is 0 Å². The molecule has 1 saturated heterocycles. The van der Waals surface area contributed by atoms with E-state index < -0.39 is 6.04 Å². The summed E-state index contributed by atoms with van der Waals surface area (Å²) in [4.78, 5) is 33.4. The Morgan fingerprint density at radius 1 is 1.15 bits per heavy atom. The van der Waals surface area contributed by atoms with Crippen LogP contribution in [0.3, 0.4) is 0 Å². The Morgan fingerprint density at radius 2 is 1.92 bits per heavy atom. The quantitative estimate of drug-likeness (QED) is 0.832. The fraction of sp³-hybridized carbons (Fsp3) is 0.381. The van der Waals surface area contributed by atoms with Gasteiger partial charge in [-0.3, -0.25) is 14.6 Å². The Kier molecular flexibility index (Phi) is 6.00. The van der Waals surface area contributed by atoms with Crippen LogP contribution in [0.4, 0.5) is 0 Å². The monoisotopic (exact) mass is 351 g/mol. The van der Waals surface area contributed by atoms with Gasteiger partial charge in [0.1, 0.15) is 6.04 Å². The average molecular weight is 351 g/mol. The molecular weight excluding hydrogens is 326 g/mol. The molecule has 5 heteroatoms. The summed E-state index contributed by atoms with van der Waals surface area (Å²) in [6.45, 7) is 0.980. The number of carbonyl (C=O) groups excluding carboxylic acids is 2. The van der Waals surface area contributed by atoms with Crippen molar-refractivity contribution in [2.45, 2.75) is 44.8 Å². The van der Waals surface area contributed by atoms with E-state index in [1.54, 1.807) is 29.2 Å². The first-order chi connectivity index (χ1) is 12.6. The highest BCUT2D eigenvalue weighted by molar-refractivity contribution is 5.88. The van der Waals surface area contributed by atoms with E-state index in [9.17, 15) is 9.59 Å². The van der Waals surface area contributed by atoms with Crippen molar-refractivity contribution in [3.63, 3.8) is 0 Å². The first-order valence-corrected chi connectivity index (χ1v) is 9.12. The summed E-state index contributed by atoms with van der Waals surface area (Å²) in [7, 11) is 1.80. The minimum Gasteiger partial charge on any atom is -0.340 e. The molecule has 0 bridgehead atoms. The number of pyridine rings is 1. The van der Waals surface area contributed by atoms with Gasteiger partial charge in [-0.2, -0.15) is 0 Å². The highest BCUT2D eigenvalue weighted by atomic mass is 16.2. The normalized spacial score (nSPS) is 17.7. The number of rotatable bonds is 5. The van der Waals surface area contributed by atoms with Gasteiger partial charge in [-0.15, -0.1) is 0 Å². The maximum absolute atomic E-state index is 13.1. The first-order valence-electron chi connectivity index (χ1n) is 9.12. The van der Waals surface area contributed by atoms with E-state index in [0.29, 0.717) is 19.5 Å². The maximum atomic E-state index is 13.1. The SMILES string of the molecule is CN(Cc1cccnc1)C(=O)C1CCCCC(=O)N1Cc1ccccc1. The molecule has 0 aliphatic carbocycles. The number of carbonyl (C=O) groups is 2. The lowest BCUT2D eigenvalue weighted by Gasteiger charge is -2.32. The standard InChI is InChI=1S/C21H25N3O2/c1-23(15-18-10-7-13-22-14-18)21(26)19-11-5-6-12-20(25)24(19)16-17-8-3-2-4-9-17/h2-4,7-10,13-14,19H,5-6,11-12,15-16H2,1H3. The zero-order chi connectivity index (χ0) is 18.4. The third kappa shape index (κ3) is 4.48. The third-order valence-electron chi connectivity index (χ3n) is 4.81.